The molecule has 5 aliphatic rings. The van der Waals surface area contributed by atoms with E-state index in [1.165, 1.54) is 7.11 Å². The number of hydrogen-bond donors (Lipinski definition) is 0. The van der Waals surface area contributed by atoms with Crippen molar-refractivity contribution in [1.82, 2.24) is 0 Å². The van der Waals surface area contributed by atoms with Crippen LogP contribution in [0, 0.1) is 0 Å². The highest BCUT2D eigenvalue weighted by atomic mass is 31.2. The van der Waals surface area contributed by atoms with Crippen LogP contribution in [-0.2, 0) is 52.4 Å². The van der Waals surface area contributed by atoms with E-state index < -0.39 is 73.9 Å². The third-order valence-electron chi connectivity index (χ3n) is 10.5. The molecular weight excluding hydrogens is 747 g/mol. The number of phosphoric ester groups is 1. The van der Waals surface area contributed by atoms with Crippen LogP contribution in [0.5, 0.6) is 23.0 Å². The number of phosphoric acid groups is 1. The number of rotatable bonds is 13. The third-order valence-corrected chi connectivity index (χ3v) is 11.9. The molecule has 0 aromatic heterocycles. The van der Waals surface area contributed by atoms with E-state index >= 15 is 0 Å². The van der Waals surface area contributed by atoms with Crippen LogP contribution in [0.3, 0.4) is 0 Å². The average Bonchev–Trinajstić information content (AvgIpc) is 3.77. The SMILES string of the molecule is CCCCOc1ccc2c(c1)Oc1cc(OP(=O)(OC)OC3[C@@H]4OC(C)(C)O[C@@H]4C(OC(C)OCC)[C@@H]4OC(C)(C)O[C@@H]34)ccc1C21OC(=O)c2ccccc21. The van der Waals surface area contributed by atoms with Crippen LogP contribution in [0.2, 0.25) is 0 Å². The predicted octanol–water partition coefficient (Wildman–Crippen LogP) is 7.77. The van der Waals surface area contributed by atoms with Crippen LogP contribution in [-0.4, -0.2) is 80.8 Å². The Bertz CT molecular complexity index is 1990. The van der Waals surface area contributed by atoms with E-state index in [0.717, 1.165) is 12.8 Å². The first-order valence-electron chi connectivity index (χ1n) is 19.1. The maximum atomic E-state index is 14.6. The first kappa shape index (κ1) is 39.3. The summed E-state index contributed by atoms with van der Waals surface area (Å²) < 4.78 is 89.0. The summed E-state index contributed by atoms with van der Waals surface area (Å²) in [5, 5.41) is 0. The van der Waals surface area contributed by atoms with E-state index in [4.69, 9.17) is 56.2 Å². The zero-order chi connectivity index (χ0) is 39.6. The number of carbonyl (C=O) groups excluding carboxylic acids is 1. The number of hydrogen-bond acceptors (Lipinski definition) is 14. The Kier molecular flexibility index (Phi) is 10.3. The van der Waals surface area contributed by atoms with Gasteiger partial charge in [-0.3, -0.25) is 9.05 Å². The lowest BCUT2D eigenvalue weighted by Gasteiger charge is -2.43. The van der Waals surface area contributed by atoms with Gasteiger partial charge in [-0.25, -0.2) is 9.36 Å². The molecule has 1 spiro atoms. The number of fused-ring (bicyclic) bond motifs is 8. The molecule has 1 saturated carbocycles. The van der Waals surface area contributed by atoms with Crippen LogP contribution >= 0.6 is 7.82 Å². The highest BCUT2D eigenvalue weighted by molar-refractivity contribution is 7.48. The summed E-state index contributed by atoms with van der Waals surface area (Å²) >= 11 is 0. The number of esters is 1. The van der Waals surface area contributed by atoms with Gasteiger partial charge in [-0.05, 0) is 78.3 Å². The molecule has 0 bridgehead atoms. The second-order valence-corrected chi connectivity index (χ2v) is 16.9. The van der Waals surface area contributed by atoms with Crippen LogP contribution in [0.25, 0.3) is 0 Å². The molecule has 3 fully saturated rings. The molecule has 14 nitrogen and oxygen atoms in total. The topological polar surface area (TPSA) is 145 Å². The van der Waals surface area contributed by atoms with E-state index in [1.54, 1.807) is 71.0 Å². The quantitative estimate of drug-likeness (QED) is 0.0719. The van der Waals surface area contributed by atoms with Crippen LogP contribution in [0.1, 0.15) is 88.4 Å². The Balaban J connectivity index is 1.13. The molecule has 9 atom stereocenters. The first-order valence-corrected chi connectivity index (χ1v) is 20.6. The molecule has 4 aliphatic heterocycles. The summed E-state index contributed by atoms with van der Waals surface area (Å²) in [5.41, 5.74) is 0.957. The van der Waals surface area contributed by atoms with Gasteiger partial charge in [0.25, 0.3) is 0 Å². The molecule has 8 rings (SSSR count). The fourth-order valence-electron chi connectivity index (χ4n) is 8.29. The maximum Gasteiger partial charge on any atom is 0.530 e. The Morgan fingerprint density at radius 2 is 1.38 bits per heavy atom. The lowest BCUT2D eigenvalue weighted by molar-refractivity contribution is -0.239. The minimum atomic E-state index is -4.45. The van der Waals surface area contributed by atoms with Crippen molar-refractivity contribution in [3.8, 4) is 23.0 Å². The first-order chi connectivity index (χ1) is 26.7. The summed E-state index contributed by atoms with van der Waals surface area (Å²) in [7, 11) is -3.22. The molecular formula is C41H49O14P. The molecule has 2 saturated heterocycles. The normalized spacial score (nSPS) is 30.5. The molecule has 15 heteroatoms. The van der Waals surface area contributed by atoms with Crippen molar-refractivity contribution in [2.24, 2.45) is 0 Å². The van der Waals surface area contributed by atoms with E-state index in [1.807, 2.05) is 31.2 Å². The molecule has 56 heavy (non-hydrogen) atoms. The summed E-state index contributed by atoms with van der Waals surface area (Å²) in [6.45, 7) is 13.8. The van der Waals surface area contributed by atoms with Crippen molar-refractivity contribution in [3.05, 3.63) is 82.9 Å². The fraction of sp³-hybridized carbons (Fsp3) is 0.537. The molecule has 5 unspecified atom stereocenters. The van der Waals surface area contributed by atoms with Crippen molar-refractivity contribution >= 4 is 13.8 Å². The Hall–Kier alpha value is -3.56. The highest BCUT2D eigenvalue weighted by Gasteiger charge is 2.66. The average molecular weight is 797 g/mol. The Morgan fingerprint density at radius 3 is 1.98 bits per heavy atom. The number of benzene rings is 3. The molecule has 1 aliphatic carbocycles. The van der Waals surface area contributed by atoms with Gasteiger partial charge in [0.2, 0.25) is 0 Å². The molecule has 4 heterocycles. The van der Waals surface area contributed by atoms with Gasteiger partial charge in [-0.15, -0.1) is 0 Å². The van der Waals surface area contributed by atoms with Crippen molar-refractivity contribution in [2.45, 2.75) is 121 Å². The second kappa shape index (κ2) is 14.7. The Labute approximate surface area is 326 Å². The van der Waals surface area contributed by atoms with Gasteiger partial charge >= 0.3 is 13.8 Å². The molecule has 302 valence electrons. The largest absolute Gasteiger partial charge is 0.530 e. The van der Waals surface area contributed by atoms with Crippen LogP contribution in [0.15, 0.2) is 60.7 Å². The van der Waals surface area contributed by atoms with Crippen molar-refractivity contribution < 1.29 is 65.6 Å². The molecule has 3 aromatic rings. The standard InChI is InChI=1S/C41H49O14P/c1-9-11-20-46-24-16-18-28-30(21-24)48-31-22-25(17-19-29(31)41(28)27-15-13-12-14-26(27)38(42)53-41)54-56(43,44-8)55-37-35-33(49-39(4,5)51-35)32(47-23(3)45-10-2)34-36(37)52-40(6,7)50-34/h12-19,21-23,32-37H,9-11,20H2,1-8H3/t23?,32?,33-,34+,35-,36-,37?,41?,56?/m1/s1. The van der Waals surface area contributed by atoms with Gasteiger partial charge in [-0.2, -0.15) is 0 Å². The number of unbranched alkanes of at least 4 members (excludes halogenated alkanes) is 1. The van der Waals surface area contributed by atoms with E-state index in [2.05, 4.69) is 6.92 Å². The predicted molar refractivity (Wildman–Crippen MR) is 199 cm³/mol. The third kappa shape index (κ3) is 6.92. The van der Waals surface area contributed by atoms with Crippen molar-refractivity contribution in [3.63, 3.8) is 0 Å². The van der Waals surface area contributed by atoms with Gasteiger partial charge in [0.15, 0.2) is 23.5 Å². The van der Waals surface area contributed by atoms with Gasteiger partial charge in [0.1, 0.15) is 59.6 Å². The summed E-state index contributed by atoms with van der Waals surface area (Å²) in [4.78, 5) is 13.4. The zero-order valence-electron chi connectivity index (χ0n) is 32.8. The smallest absolute Gasteiger partial charge is 0.493 e. The molecule has 0 N–H and O–H groups in total. The van der Waals surface area contributed by atoms with E-state index in [-0.39, 0.29) is 5.75 Å². The summed E-state index contributed by atoms with van der Waals surface area (Å²) in [6.07, 6.45) is -3.55. The monoisotopic (exact) mass is 796 g/mol. The summed E-state index contributed by atoms with van der Waals surface area (Å²) in [6, 6.07) is 17.6. The lowest BCUT2D eigenvalue weighted by atomic mass is 9.77. The minimum Gasteiger partial charge on any atom is -0.493 e. The fourth-order valence-corrected chi connectivity index (χ4v) is 9.41. The van der Waals surface area contributed by atoms with Gasteiger partial charge < -0.3 is 47.2 Å². The van der Waals surface area contributed by atoms with Crippen LogP contribution < -0.4 is 14.0 Å². The molecule has 3 aromatic carbocycles. The minimum absolute atomic E-state index is 0.101. The summed E-state index contributed by atoms with van der Waals surface area (Å²) in [5.74, 6) is -1.13. The van der Waals surface area contributed by atoms with Crippen molar-refractivity contribution in [1.29, 1.82) is 0 Å². The van der Waals surface area contributed by atoms with Gasteiger partial charge in [-0.1, -0.05) is 31.5 Å². The van der Waals surface area contributed by atoms with E-state index in [0.29, 0.717) is 52.7 Å². The van der Waals surface area contributed by atoms with Crippen molar-refractivity contribution in [2.75, 3.05) is 20.3 Å². The highest BCUT2D eigenvalue weighted by Crippen LogP contribution is 2.59. The second-order valence-electron chi connectivity index (χ2n) is 15.3. The maximum absolute atomic E-state index is 14.6. The lowest BCUT2D eigenvalue weighted by Crippen LogP contribution is -2.63. The van der Waals surface area contributed by atoms with Gasteiger partial charge in [0.05, 0.1) is 12.2 Å². The number of ether oxygens (including phenoxy) is 9. The Morgan fingerprint density at radius 1 is 0.786 bits per heavy atom. The zero-order valence-corrected chi connectivity index (χ0v) is 33.7. The van der Waals surface area contributed by atoms with Gasteiger partial charge in [0, 0.05) is 42.5 Å². The van der Waals surface area contributed by atoms with Crippen LogP contribution in [0.4, 0.5) is 0 Å². The van der Waals surface area contributed by atoms with E-state index in [9.17, 15) is 9.36 Å². The molecule has 0 radical (unpaired) electrons. The molecule has 0 amide bonds. The number of carbonyl (C=O) groups is 1.